The van der Waals surface area contributed by atoms with Gasteiger partial charge in [-0.1, -0.05) is 60.7 Å². The van der Waals surface area contributed by atoms with Gasteiger partial charge in [-0.25, -0.2) is 0 Å². The summed E-state index contributed by atoms with van der Waals surface area (Å²) >= 11 is 0. The lowest BCUT2D eigenvalue weighted by atomic mass is 9.99. The summed E-state index contributed by atoms with van der Waals surface area (Å²) in [6.45, 7) is 0.446. The minimum absolute atomic E-state index is 0.0986. The van der Waals surface area contributed by atoms with E-state index in [4.69, 9.17) is 5.73 Å². The second-order valence-corrected chi connectivity index (χ2v) is 9.81. The molecule has 9 heteroatoms. The fourth-order valence-electron chi connectivity index (χ4n) is 5.40. The maximum absolute atomic E-state index is 13.9. The number of hydrogen-bond donors (Lipinski definition) is 3. The zero-order valence-electron chi connectivity index (χ0n) is 21.3. The lowest BCUT2D eigenvalue weighted by Crippen LogP contribution is -2.54. The molecule has 4 atom stereocenters. The van der Waals surface area contributed by atoms with Crippen LogP contribution in [0.15, 0.2) is 84.9 Å². The van der Waals surface area contributed by atoms with Gasteiger partial charge in [-0.2, -0.15) is 0 Å². The number of ketones is 1. The first-order valence-electron chi connectivity index (χ1n) is 12.9. The molecule has 9 nitrogen and oxygen atoms in total. The van der Waals surface area contributed by atoms with Crippen molar-refractivity contribution in [1.29, 1.82) is 0 Å². The van der Waals surface area contributed by atoms with E-state index in [1.54, 1.807) is 78.9 Å². The number of rotatable bonds is 7. The Bertz CT molecular complexity index is 1360. The summed E-state index contributed by atoms with van der Waals surface area (Å²) in [7, 11) is 0. The minimum Gasteiger partial charge on any atom is -0.386 e. The Labute approximate surface area is 226 Å². The quantitative estimate of drug-likeness (QED) is 0.429. The zero-order chi connectivity index (χ0) is 27.5. The van der Waals surface area contributed by atoms with Gasteiger partial charge in [0.2, 0.25) is 5.91 Å². The third-order valence-electron chi connectivity index (χ3n) is 7.45. The average molecular weight is 527 g/mol. The SMILES string of the molecule is NCc1ccc(C(=O)N[C@H](C(=O)N2CCC3C2C(=O)CN3C(=O)c2ccccc2)C(O)c2ccccc2)cc1. The number of carbonyl (C=O) groups is 4. The highest BCUT2D eigenvalue weighted by atomic mass is 16.3. The summed E-state index contributed by atoms with van der Waals surface area (Å²) in [5.41, 5.74) is 7.73. The van der Waals surface area contributed by atoms with E-state index in [-0.39, 0.29) is 24.8 Å². The number of hydrogen-bond acceptors (Lipinski definition) is 6. The number of nitrogens with zero attached hydrogens (tertiary/aromatic N) is 2. The van der Waals surface area contributed by atoms with Crippen molar-refractivity contribution in [3.05, 3.63) is 107 Å². The van der Waals surface area contributed by atoms with Crippen molar-refractivity contribution in [2.45, 2.75) is 37.2 Å². The lowest BCUT2D eigenvalue weighted by molar-refractivity contribution is -0.140. The number of likely N-dealkylation sites (tertiary alicyclic amines) is 2. The number of aliphatic hydroxyl groups excluding tert-OH is 1. The van der Waals surface area contributed by atoms with Crippen molar-refractivity contribution < 1.29 is 24.3 Å². The van der Waals surface area contributed by atoms with E-state index in [2.05, 4.69) is 5.32 Å². The average Bonchev–Trinajstić information content (AvgIpc) is 3.57. The number of nitrogens with one attached hydrogen (secondary N) is 1. The predicted octanol–water partition coefficient (Wildman–Crippen LogP) is 1.67. The highest BCUT2D eigenvalue weighted by Gasteiger charge is 2.53. The van der Waals surface area contributed by atoms with Crippen molar-refractivity contribution in [1.82, 2.24) is 15.1 Å². The number of benzene rings is 3. The lowest BCUT2D eigenvalue weighted by Gasteiger charge is -2.31. The zero-order valence-corrected chi connectivity index (χ0v) is 21.3. The van der Waals surface area contributed by atoms with Crippen LogP contribution in [0.25, 0.3) is 0 Å². The molecule has 0 saturated carbocycles. The Morgan fingerprint density at radius 1 is 0.897 bits per heavy atom. The molecule has 0 radical (unpaired) electrons. The third kappa shape index (κ3) is 5.19. The smallest absolute Gasteiger partial charge is 0.254 e. The molecule has 2 aliphatic heterocycles. The maximum Gasteiger partial charge on any atom is 0.254 e. The van der Waals surface area contributed by atoms with E-state index in [1.165, 1.54) is 9.80 Å². The molecule has 0 aliphatic carbocycles. The van der Waals surface area contributed by atoms with Gasteiger partial charge in [0, 0.05) is 24.2 Å². The van der Waals surface area contributed by atoms with Gasteiger partial charge >= 0.3 is 0 Å². The minimum atomic E-state index is -1.36. The highest BCUT2D eigenvalue weighted by molar-refractivity contribution is 6.03. The second-order valence-electron chi connectivity index (χ2n) is 9.81. The first kappa shape index (κ1) is 26.3. The molecule has 3 unspecified atom stereocenters. The van der Waals surface area contributed by atoms with Crippen LogP contribution in [-0.2, 0) is 16.1 Å². The van der Waals surface area contributed by atoms with Crippen LogP contribution in [0.3, 0.4) is 0 Å². The van der Waals surface area contributed by atoms with Gasteiger partial charge in [0.1, 0.15) is 18.2 Å². The van der Waals surface area contributed by atoms with Crippen molar-refractivity contribution in [3.8, 4) is 0 Å². The second kappa shape index (κ2) is 11.2. The summed E-state index contributed by atoms with van der Waals surface area (Å²) < 4.78 is 0. The van der Waals surface area contributed by atoms with Crippen LogP contribution in [0.4, 0.5) is 0 Å². The fourth-order valence-corrected chi connectivity index (χ4v) is 5.40. The summed E-state index contributed by atoms with van der Waals surface area (Å²) in [6.07, 6.45) is -0.938. The standard InChI is InChI=1S/C30H30N4O5/c31-17-19-11-13-21(14-12-19)28(37)32-25(27(36)20-7-3-1-4-8-20)30(39)33-16-15-23-26(33)24(35)18-34(23)29(38)22-9-5-2-6-10-22/h1-14,23,25-27,36H,15-18,31H2,(H,32,37)/t23?,25-,26?,27?/m0/s1. The first-order valence-corrected chi connectivity index (χ1v) is 12.9. The van der Waals surface area contributed by atoms with Gasteiger partial charge in [-0.3, -0.25) is 19.2 Å². The van der Waals surface area contributed by atoms with Crippen LogP contribution in [0.1, 0.15) is 44.4 Å². The van der Waals surface area contributed by atoms with Crippen LogP contribution >= 0.6 is 0 Å². The van der Waals surface area contributed by atoms with E-state index in [9.17, 15) is 24.3 Å². The van der Waals surface area contributed by atoms with Crippen molar-refractivity contribution in [2.24, 2.45) is 5.73 Å². The Kier molecular flexibility index (Phi) is 7.53. The van der Waals surface area contributed by atoms with E-state index in [1.807, 2.05) is 6.07 Å². The Morgan fingerprint density at radius 3 is 2.18 bits per heavy atom. The normalized spacial score (nSPS) is 19.9. The number of nitrogens with two attached hydrogens (primary N) is 1. The Hall–Kier alpha value is -4.34. The van der Waals surface area contributed by atoms with Gasteiger partial charge in [0.15, 0.2) is 5.78 Å². The van der Waals surface area contributed by atoms with E-state index < -0.39 is 36.0 Å². The summed E-state index contributed by atoms with van der Waals surface area (Å²) in [5.74, 6) is -1.62. The predicted molar refractivity (Wildman–Crippen MR) is 143 cm³/mol. The molecule has 200 valence electrons. The molecule has 0 aromatic heterocycles. The van der Waals surface area contributed by atoms with Crippen LogP contribution < -0.4 is 11.1 Å². The van der Waals surface area contributed by atoms with Crippen molar-refractivity contribution >= 4 is 23.5 Å². The van der Waals surface area contributed by atoms with Crippen LogP contribution in [0.2, 0.25) is 0 Å². The molecule has 2 fully saturated rings. The van der Waals surface area contributed by atoms with Crippen LogP contribution in [0, 0.1) is 0 Å². The van der Waals surface area contributed by atoms with Crippen LogP contribution in [0.5, 0.6) is 0 Å². The van der Waals surface area contributed by atoms with E-state index in [0.29, 0.717) is 29.7 Å². The molecule has 2 heterocycles. The van der Waals surface area contributed by atoms with Crippen molar-refractivity contribution in [2.75, 3.05) is 13.1 Å². The monoisotopic (exact) mass is 526 g/mol. The van der Waals surface area contributed by atoms with Crippen molar-refractivity contribution in [3.63, 3.8) is 0 Å². The maximum atomic E-state index is 13.9. The molecule has 39 heavy (non-hydrogen) atoms. The summed E-state index contributed by atoms with van der Waals surface area (Å²) in [4.78, 5) is 56.3. The summed E-state index contributed by atoms with van der Waals surface area (Å²) in [6, 6.07) is 21.3. The molecule has 5 rings (SSSR count). The largest absolute Gasteiger partial charge is 0.386 e. The first-order chi connectivity index (χ1) is 18.9. The Morgan fingerprint density at radius 2 is 1.54 bits per heavy atom. The number of aliphatic hydroxyl groups is 1. The number of fused-ring (bicyclic) bond motifs is 1. The van der Waals surface area contributed by atoms with Gasteiger partial charge in [-0.15, -0.1) is 0 Å². The number of Topliss-reactive ketones (excluding diaryl/α,β-unsaturated/α-hetero) is 1. The number of carbonyl (C=O) groups excluding carboxylic acids is 4. The third-order valence-corrected chi connectivity index (χ3v) is 7.45. The van der Waals surface area contributed by atoms with E-state index >= 15 is 0 Å². The fraction of sp³-hybridized carbons (Fsp3) is 0.267. The molecule has 3 aromatic carbocycles. The topological polar surface area (TPSA) is 133 Å². The molecule has 3 aromatic rings. The van der Waals surface area contributed by atoms with Gasteiger partial charge in [0.05, 0.1) is 12.6 Å². The summed E-state index contributed by atoms with van der Waals surface area (Å²) in [5, 5.41) is 14.0. The van der Waals surface area contributed by atoms with Crippen LogP contribution in [-0.4, -0.2) is 69.6 Å². The molecule has 0 spiro atoms. The van der Waals surface area contributed by atoms with Gasteiger partial charge in [-0.05, 0) is 41.8 Å². The molecular formula is C30H30N4O5. The molecule has 0 bridgehead atoms. The molecule has 2 aliphatic rings. The van der Waals surface area contributed by atoms with Gasteiger partial charge < -0.3 is 26.0 Å². The highest BCUT2D eigenvalue weighted by Crippen LogP contribution is 2.32. The molecule has 3 amide bonds. The Balaban J connectivity index is 1.40. The molecule has 2 saturated heterocycles. The van der Waals surface area contributed by atoms with E-state index in [0.717, 1.165) is 5.56 Å². The van der Waals surface area contributed by atoms with Gasteiger partial charge in [0.25, 0.3) is 11.8 Å². The molecular weight excluding hydrogens is 496 g/mol. The molecule has 4 N–H and O–H groups in total. The number of amides is 3.